The minimum Gasteiger partial charge on any atom is -0.379 e. The van der Waals surface area contributed by atoms with E-state index in [9.17, 15) is 9.59 Å². The number of nitrogens with one attached hydrogen (secondary N) is 1. The van der Waals surface area contributed by atoms with Gasteiger partial charge in [-0.3, -0.25) is 9.36 Å². The van der Waals surface area contributed by atoms with Crippen molar-refractivity contribution in [1.82, 2.24) is 9.55 Å². The van der Waals surface area contributed by atoms with Gasteiger partial charge in [0.2, 0.25) is 0 Å². The topological polar surface area (TPSA) is 64.0 Å². The van der Waals surface area contributed by atoms with Gasteiger partial charge in [0, 0.05) is 12.1 Å². The minimum absolute atomic E-state index is 0.0150. The summed E-state index contributed by atoms with van der Waals surface area (Å²) < 4.78 is 1.42. The zero-order valence-corrected chi connectivity index (χ0v) is 16.4. The van der Waals surface area contributed by atoms with Crippen LogP contribution in [-0.2, 0) is 17.8 Å². The molecule has 29 heavy (non-hydrogen) atoms. The third-order valence-corrected chi connectivity index (χ3v) is 5.32. The average molecular weight is 387 g/mol. The Bertz CT molecular complexity index is 1020. The number of aromatic nitrogens is 2. The monoisotopic (exact) mass is 387 g/mol. The number of hydrogen-bond acceptors (Lipinski definition) is 4. The molecule has 1 aliphatic rings. The molecule has 1 heterocycles. The van der Waals surface area contributed by atoms with Gasteiger partial charge in [-0.15, -0.1) is 0 Å². The van der Waals surface area contributed by atoms with Crippen molar-refractivity contribution in [1.29, 1.82) is 0 Å². The van der Waals surface area contributed by atoms with Crippen molar-refractivity contribution in [3.8, 4) is 11.4 Å². The van der Waals surface area contributed by atoms with Gasteiger partial charge in [-0.05, 0) is 42.7 Å². The van der Waals surface area contributed by atoms with Gasteiger partial charge in [-0.25, -0.2) is 4.98 Å². The lowest BCUT2D eigenvalue weighted by Gasteiger charge is -2.12. The molecule has 1 saturated carbocycles. The van der Waals surface area contributed by atoms with Crippen molar-refractivity contribution in [2.75, 3.05) is 11.9 Å². The first-order chi connectivity index (χ1) is 14.3. The molecule has 5 nitrogen and oxygen atoms in total. The van der Waals surface area contributed by atoms with Crippen LogP contribution in [0.3, 0.4) is 0 Å². The van der Waals surface area contributed by atoms with E-state index in [-0.39, 0.29) is 12.1 Å². The number of nitrogens with zero attached hydrogens (tertiary/aromatic N) is 2. The molecule has 0 bridgehead atoms. The molecule has 1 fully saturated rings. The number of carbonyl (C=O) groups excluding carboxylic acids is 1. The fourth-order valence-corrected chi connectivity index (χ4v) is 3.56. The summed E-state index contributed by atoms with van der Waals surface area (Å²) in [5.41, 5.74) is 3.78. The fraction of sp³-hybridized carbons (Fsp3) is 0.292. The summed E-state index contributed by atoms with van der Waals surface area (Å²) in [6.07, 6.45) is 6.80. The van der Waals surface area contributed by atoms with Crippen LogP contribution in [0.4, 0.5) is 5.69 Å². The van der Waals surface area contributed by atoms with Crippen LogP contribution in [0, 0.1) is 0 Å². The first-order valence-corrected chi connectivity index (χ1v) is 10.2. The molecule has 1 aromatic heterocycles. The maximum atomic E-state index is 12.8. The summed E-state index contributed by atoms with van der Waals surface area (Å²) in [6.45, 7) is 0.659. The second-order valence-electron chi connectivity index (χ2n) is 7.49. The molecule has 1 aliphatic carbocycles. The molecule has 0 amide bonds. The molecule has 0 spiro atoms. The van der Waals surface area contributed by atoms with Crippen LogP contribution in [0.25, 0.3) is 11.4 Å². The Morgan fingerprint density at radius 2 is 1.83 bits per heavy atom. The van der Waals surface area contributed by atoms with E-state index in [1.807, 2.05) is 30.3 Å². The van der Waals surface area contributed by atoms with E-state index in [0.29, 0.717) is 18.1 Å². The highest BCUT2D eigenvalue weighted by atomic mass is 16.1. The quantitative estimate of drug-likeness (QED) is 0.445. The highest BCUT2D eigenvalue weighted by Crippen LogP contribution is 2.39. The smallest absolute Gasteiger partial charge is 0.277 e. The van der Waals surface area contributed by atoms with Crippen molar-refractivity contribution in [2.24, 2.45) is 0 Å². The number of hydrogen-bond donors (Lipinski definition) is 1. The lowest BCUT2D eigenvalue weighted by Crippen LogP contribution is -2.27. The predicted molar refractivity (Wildman–Crippen MR) is 115 cm³/mol. The number of rotatable bonds is 9. The highest BCUT2D eigenvalue weighted by Gasteiger charge is 2.22. The highest BCUT2D eigenvalue weighted by molar-refractivity contribution is 5.59. The largest absolute Gasteiger partial charge is 0.379 e. The number of aryl methyl sites for hydroxylation is 1. The van der Waals surface area contributed by atoms with Gasteiger partial charge in [-0.1, -0.05) is 54.6 Å². The van der Waals surface area contributed by atoms with Crippen LogP contribution in [0.2, 0.25) is 0 Å². The molecule has 0 aliphatic heterocycles. The van der Waals surface area contributed by atoms with Crippen LogP contribution < -0.4 is 10.9 Å². The summed E-state index contributed by atoms with van der Waals surface area (Å²) in [5.74, 6) is 1.29. The molecular weight excluding hydrogens is 362 g/mol. The lowest BCUT2D eigenvalue weighted by molar-refractivity contribution is -0.108. The number of carbonyl (C=O) groups is 1. The summed E-state index contributed by atoms with van der Waals surface area (Å²) in [7, 11) is 0. The molecule has 2 aromatic carbocycles. The van der Waals surface area contributed by atoms with Crippen LogP contribution in [-0.4, -0.2) is 22.4 Å². The number of benzene rings is 2. The lowest BCUT2D eigenvalue weighted by atomic mass is 10.1. The Hall–Kier alpha value is -3.21. The Labute approximate surface area is 170 Å². The van der Waals surface area contributed by atoms with Gasteiger partial charge in [-0.2, -0.15) is 0 Å². The minimum atomic E-state index is -0.222. The molecule has 0 radical (unpaired) electrons. The second kappa shape index (κ2) is 8.86. The van der Waals surface area contributed by atoms with E-state index in [0.717, 1.165) is 30.6 Å². The Kier molecular flexibility index (Phi) is 5.84. The summed E-state index contributed by atoms with van der Waals surface area (Å²) >= 11 is 0. The van der Waals surface area contributed by atoms with Crippen molar-refractivity contribution in [3.05, 3.63) is 82.3 Å². The van der Waals surface area contributed by atoms with Crippen LogP contribution >= 0.6 is 0 Å². The number of anilines is 1. The van der Waals surface area contributed by atoms with E-state index >= 15 is 0 Å². The third-order valence-electron chi connectivity index (χ3n) is 5.32. The number of aldehydes is 1. The predicted octanol–water partition coefficient (Wildman–Crippen LogP) is 4.03. The summed E-state index contributed by atoms with van der Waals surface area (Å²) in [6, 6.07) is 18.3. The molecular formula is C24H25N3O2. The molecule has 0 atom stereocenters. The first kappa shape index (κ1) is 19.1. The van der Waals surface area contributed by atoms with Gasteiger partial charge >= 0.3 is 0 Å². The van der Waals surface area contributed by atoms with E-state index in [1.54, 1.807) is 6.20 Å². The standard InChI is InChI=1S/C24H25N3O2/c28-16-15-27-23(21-6-2-1-3-7-21)26-17-22(24(27)29)25-14-4-5-18-8-10-19(11-9-18)20-12-13-20/h1-3,6-11,16-17,20,25H,4-5,12-15H2. The van der Waals surface area contributed by atoms with Gasteiger partial charge in [0.15, 0.2) is 0 Å². The SMILES string of the molecule is O=CCn1c(-c2ccccc2)ncc(NCCCc2ccc(C3CC3)cc2)c1=O. The maximum absolute atomic E-state index is 12.8. The normalized spacial score (nSPS) is 13.2. The van der Waals surface area contributed by atoms with Gasteiger partial charge < -0.3 is 10.1 Å². The third kappa shape index (κ3) is 4.62. The molecule has 0 unspecified atom stereocenters. The zero-order valence-electron chi connectivity index (χ0n) is 16.4. The van der Waals surface area contributed by atoms with Crippen molar-refractivity contribution in [2.45, 2.75) is 38.1 Å². The van der Waals surface area contributed by atoms with Gasteiger partial charge in [0.25, 0.3) is 5.56 Å². The molecule has 5 heteroatoms. The van der Waals surface area contributed by atoms with Gasteiger partial charge in [0.1, 0.15) is 17.8 Å². The van der Waals surface area contributed by atoms with Crippen molar-refractivity contribution < 1.29 is 4.79 Å². The van der Waals surface area contributed by atoms with E-state index in [1.165, 1.54) is 28.5 Å². The molecule has 4 rings (SSSR count). The molecule has 148 valence electrons. The molecule has 3 aromatic rings. The first-order valence-electron chi connectivity index (χ1n) is 10.2. The van der Waals surface area contributed by atoms with Crippen LogP contribution in [0.15, 0.2) is 65.6 Å². The van der Waals surface area contributed by atoms with E-state index < -0.39 is 0 Å². The maximum Gasteiger partial charge on any atom is 0.277 e. The van der Waals surface area contributed by atoms with Crippen LogP contribution in [0.5, 0.6) is 0 Å². The van der Waals surface area contributed by atoms with Crippen molar-refractivity contribution >= 4 is 12.0 Å². The van der Waals surface area contributed by atoms with Crippen molar-refractivity contribution in [3.63, 3.8) is 0 Å². The summed E-state index contributed by atoms with van der Waals surface area (Å²) in [4.78, 5) is 28.4. The summed E-state index contributed by atoms with van der Waals surface area (Å²) in [5, 5.41) is 3.19. The molecule has 0 saturated heterocycles. The molecule has 1 N–H and O–H groups in total. The van der Waals surface area contributed by atoms with E-state index in [4.69, 9.17) is 0 Å². The Morgan fingerprint density at radius 3 is 2.52 bits per heavy atom. The van der Waals surface area contributed by atoms with E-state index in [2.05, 4.69) is 34.6 Å². The second-order valence-corrected chi connectivity index (χ2v) is 7.49. The average Bonchev–Trinajstić information content (AvgIpc) is 3.60. The van der Waals surface area contributed by atoms with Gasteiger partial charge in [0.05, 0.1) is 12.7 Å². The van der Waals surface area contributed by atoms with Crippen LogP contribution in [0.1, 0.15) is 36.3 Å². The fourth-order valence-electron chi connectivity index (χ4n) is 3.56. The Morgan fingerprint density at radius 1 is 1.07 bits per heavy atom. The zero-order chi connectivity index (χ0) is 20.1. The Balaban J connectivity index is 1.40.